The number of aromatic amines is 1. The van der Waals surface area contributed by atoms with Gasteiger partial charge in [-0.25, -0.2) is 4.39 Å². The van der Waals surface area contributed by atoms with Gasteiger partial charge in [0.05, 0.1) is 22.5 Å². The molecule has 0 aliphatic heterocycles. The standard InChI is InChI=1S/C13H9FN4S2/c14-5-9-4-12(19-17-9)20-18-11-3-1-2-10-8(6-15)7-16-13(10)11/h1-4,7,16,18H,5H2. The van der Waals surface area contributed by atoms with Crippen LogP contribution in [0, 0.1) is 11.3 Å². The molecule has 2 aromatic heterocycles. The summed E-state index contributed by atoms with van der Waals surface area (Å²) in [7, 11) is 0. The Morgan fingerprint density at radius 3 is 3.15 bits per heavy atom. The van der Waals surface area contributed by atoms with E-state index in [-0.39, 0.29) is 0 Å². The van der Waals surface area contributed by atoms with Crippen molar-refractivity contribution in [2.45, 2.75) is 10.9 Å². The van der Waals surface area contributed by atoms with Crippen LogP contribution in [0.2, 0.25) is 0 Å². The number of anilines is 1. The summed E-state index contributed by atoms with van der Waals surface area (Å²) in [6, 6.07) is 9.57. The Morgan fingerprint density at radius 2 is 2.40 bits per heavy atom. The van der Waals surface area contributed by atoms with Crippen molar-refractivity contribution >= 4 is 40.1 Å². The molecular formula is C13H9FN4S2. The zero-order chi connectivity index (χ0) is 13.9. The molecule has 1 aromatic carbocycles. The molecular weight excluding hydrogens is 295 g/mol. The quantitative estimate of drug-likeness (QED) is 0.713. The normalized spacial score (nSPS) is 10.6. The fourth-order valence-corrected chi connectivity index (χ4v) is 3.30. The minimum absolute atomic E-state index is 0.448. The number of aromatic nitrogens is 2. The highest BCUT2D eigenvalue weighted by Gasteiger charge is 2.08. The van der Waals surface area contributed by atoms with Crippen molar-refractivity contribution < 1.29 is 4.39 Å². The van der Waals surface area contributed by atoms with Crippen LogP contribution in [0.15, 0.2) is 34.7 Å². The predicted octanol–water partition coefficient (Wildman–Crippen LogP) is 4.08. The summed E-state index contributed by atoms with van der Waals surface area (Å²) in [5.74, 6) is 0. The molecule has 0 saturated heterocycles. The van der Waals surface area contributed by atoms with Crippen molar-refractivity contribution in [2.75, 3.05) is 4.72 Å². The monoisotopic (exact) mass is 304 g/mol. The second-order valence-corrected chi connectivity index (χ2v) is 5.93. The van der Waals surface area contributed by atoms with Gasteiger partial charge in [0.25, 0.3) is 0 Å². The number of H-pyrrole nitrogens is 1. The van der Waals surface area contributed by atoms with Gasteiger partial charge in [-0.2, -0.15) is 9.64 Å². The molecule has 0 bridgehead atoms. The minimum Gasteiger partial charge on any atom is -0.358 e. The SMILES string of the molecule is N#Cc1c[nH]c2c(NSc3cc(CF)ns3)cccc12. The molecule has 0 spiro atoms. The average Bonchev–Trinajstić information content (AvgIpc) is 3.11. The first-order valence-corrected chi connectivity index (χ1v) is 7.35. The second kappa shape index (κ2) is 5.53. The van der Waals surface area contributed by atoms with Crippen LogP contribution in [0.1, 0.15) is 11.3 Å². The maximum absolute atomic E-state index is 12.4. The molecule has 2 heterocycles. The number of hydrogen-bond acceptors (Lipinski definition) is 5. The number of nitriles is 1. The lowest BCUT2D eigenvalue weighted by Gasteiger charge is -2.04. The van der Waals surface area contributed by atoms with E-state index in [4.69, 9.17) is 5.26 Å². The fourth-order valence-electron chi connectivity index (χ4n) is 1.84. The summed E-state index contributed by atoms with van der Waals surface area (Å²) in [5.41, 5.74) is 2.83. The van der Waals surface area contributed by atoms with Gasteiger partial charge in [-0.05, 0) is 35.6 Å². The molecule has 0 aliphatic carbocycles. The molecule has 100 valence electrons. The number of fused-ring (bicyclic) bond motifs is 1. The van der Waals surface area contributed by atoms with Crippen LogP contribution in [0.5, 0.6) is 0 Å². The van der Waals surface area contributed by atoms with Crippen LogP contribution in [0.4, 0.5) is 10.1 Å². The molecule has 20 heavy (non-hydrogen) atoms. The number of benzene rings is 1. The summed E-state index contributed by atoms with van der Waals surface area (Å²) >= 11 is 2.63. The molecule has 0 fully saturated rings. The molecule has 2 N–H and O–H groups in total. The first kappa shape index (κ1) is 13.0. The maximum Gasteiger partial charge on any atom is 0.133 e. The number of nitrogens with zero attached hydrogens (tertiary/aromatic N) is 2. The van der Waals surface area contributed by atoms with Crippen LogP contribution in [0.3, 0.4) is 0 Å². The van der Waals surface area contributed by atoms with E-state index in [2.05, 4.69) is 20.1 Å². The number of nitrogens with one attached hydrogen (secondary N) is 2. The van der Waals surface area contributed by atoms with Gasteiger partial charge in [0.1, 0.15) is 17.0 Å². The first-order valence-electron chi connectivity index (χ1n) is 5.76. The van der Waals surface area contributed by atoms with Gasteiger partial charge < -0.3 is 9.71 Å². The van der Waals surface area contributed by atoms with E-state index < -0.39 is 6.67 Å². The van der Waals surface area contributed by atoms with Crippen molar-refractivity contribution in [3.63, 3.8) is 0 Å². The van der Waals surface area contributed by atoms with E-state index in [1.807, 2.05) is 18.2 Å². The topological polar surface area (TPSA) is 64.5 Å². The Labute approximate surface area is 122 Å². The Bertz CT molecular complexity index is 787. The van der Waals surface area contributed by atoms with E-state index in [1.165, 1.54) is 23.5 Å². The van der Waals surface area contributed by atoms with E-state index in [9.17, 15) is 4.39 Å². The van der Waals surface area contributed by atoms with Crippen LogP contribution < -0.4 is 4.72 Å². The van der Waals surface area contributed by atoms with Crippen molar-refractivity contribution in [2.24, 2.45) is 0 Å². The number of hydrogen-bond donors (Lipinski definition) is 2. The minimum atomic E-state index is -0.547. The molecule has 3 rings (SSSR count). The lowest BCUT2D eigenvalue weighted by molar-refractivity contribution is 0.478. The summed E-state index contributed by atoms with van der Waals surface area (Å²) in [4.78, 5) is 3.09. The maximum atomic E-state index is 12.4. The molecule has 0 saturated carbocycles. The van der Waals surface area contributed by atoms with Crippen LogP contribution in [-0.2, 0) is 6.67 Å². The van der Waals surface area contributed by atoms with Gasteiger partial charge in [-0.15, -0.1) is 0 Å². The van der Waals surface area contributed by atoms with Gasteiger partial charge in [-0.1, -0.05) is 12.1 Å². The number of para-hydroxylation sites is 1. The van der Waals surface area contributed by atoms with Gasteiger partial charge in [0, 0.05) is 11.6 Å². The van der Waals surface area contributed by atoms with Crippen molar-refractivity contribution in [1.82, 2.24) is 9.36 Å². The molecule has 4 nitrogen and oxygen atoms in total. The Kier molecular flexibility index (Phi) is 3.58. The summed E-state index contributed by atoms with van der Waals surface area (Å²) < 4.78 is 20.5. The van der Waals surface area contributed by atoms with Gasteiger partial charge in [-0.3, -0.25) is 0 Å². The number of halogens is 1. The molecule has 0 unspecified atom stereocenters. The van der Waals surface area contributed by atoms with Gasteiger partial charge >= 0.3 is 0 Å². The highest BCUT2D eigenvalue weighted by atomic mass is 32.2. The number of alkyl halides is 1. The Balaban J connectivity index is 1.84. The molecule has 7 heteroatoms. The lowest BCUT2D eigenvalue weighted by atomic mass is 10.2. The molecule has 0 radical (unpaired) electrons. The lowest BCUT2D eigenvalue weighted by Crippen LogP contribution is -1.86. The Hall–Kier alpha value is -2.04. The third kappa shape index (κ3) is 2.35. The molecule has 0 amide bonds. The smallest absolute Gasteiger partial charge is 0.133 e. The van der Waals surface area contributed by atoms with Crippen molar-refractivity contribution in [3.8, 4) is 6.07 Å². The zero-order valence-corrected chi connectivity index (χ0v) is 11.8. The van der Waals surface area contributed by atoms with Crippen LogP contribution in [-0.4, -0.2) is 9.36 Å². The van der Waals surface area contributed by atoms with E-state index >= 15 is 0 Å². The average molecular weight is 304 g/mol. The highest BCUT2D eigenvalue weighted by molar-refractivity contribution is 8.02. The third-order valence-corrected chi connectivity index (χ3v) is 4.51. The second-order valence-electron chi connectivity index (χ2n) is 4.02. The molecule has 3 aromatic rings. The summed E-state index contributed by atoms with van der Waals surface area (Å²) in [6.45, 7) is -0.547. The van der Waals surface area contributed by atoms with E-state index in [1.54, 1.807) is 12.3 Å². The summed E-state index contributed by atoms with van der Waals surface area (Å²) in [5, 5.41) is 9.90. The van der Waals surface area contributed by atoms with E-state index in [0.717, 1.165) is 20.8 Å². The van der Waals surface area contributed by atoms with Gasteiger partial charge in [0.2, 0.25) is 0 Å². The van der Waals surface area contributed by atoms with Crippen molar-refractivity contribution in [3.05, 3.63) is 41.7 Å². The van der Waals surface area contributed by atoms with E-state index in [0.29, 0.717) is 11.3 Å². The van der Waals surface area contributed by atoms with Crippen LogP contribution in [0.25, 0.3) is 10.9 Å². The summed E-state index contributed by atoms with van der Waals surface area (Å²) in [6.07, 6.45) is 1.69. The Morgan fingerprint density at radius 1 is 1.50 bits per heavy atom. The largest absolute Gasteiger partial charge is 0.358 e. The predicted molar refractivity (Wildman–Crippen MR) is 79.4 cm³/mol. The van der Waals surface area contributed by atoms with Crippen LogP contribution >= 0.6 is 23.5 Å². The molecule has 0 aliphatic rings. The fraction of sp³-hybridized carbons (Fsp3) is 0.0769. The number of rotatable bonds is 4. The third-order valence-electron chi connectivity index (χ3n) is 2.77. The van der Waals surface area contributed by atoms with Crippen molar-refractivity contribution in [1.29, 1.82) is 5.26 Å². The molecule has 0 atom stereocenters. The first-order chi connectivity index (χ1) is 9.81. The highest BCUT2D eigenvalue weighted by Crippen LogP contribution is 2.30. The van der Waals surface area contributed by atoms with Gasteiger partial charge in [0.15, 0.2) is 0 Å². The zero-order valence-electron chi connectivity index (χ0n) is 10.2.